The first kappa shape index (κ1) is 24.3. The highest BCUT2D eigenvalue weighted by Crippen LogP contribution is 2.19. The van der Waals surface area contributed by atoms with Crippen molar-refractivity contribution in [2.75, 3.05) is 6.54 Å². The van der Waals surface area contributed by atoms with Crippen LogP contribution in [0.5, 0.6) is 5.75 Å². The lowest BCUT2D eigenvalue weighted by molar-refractivity contribution is -0.121. The van der Waals surface area contributed by atoms with Crippen LogP contribution in [0.4, 0.5) is 8.78 Å². The van der Waals surface area contributed by atoms with Gasteiger partial charge in [0.05, 0.1) is 10.9 Å². The fourth-order valence-corrected chi connectivity index (χ4v) is 3.97. The van der Waals surface area contributed by atoms with Crippen LogP contribution in [-0.4, -0.2) is 25.9 Å². The number of pyridine rings is 1. The smallest absolute Gasteiger partial charge is 0.240 e. The van der Waals surface area contributed by atoms with E-state index >= 15 is 0 Å². The number of ether oxygens (including phenoxy) is 1. The van der Waals surface area contributed by atoms with E-state index < -0.39 is 26.6 Å². The molecule has 2 aromatic carbocycles. The number of hydrogen-bond donors (Lipinski definition) is 2. The number of carbonyl (C=O) groups is 1. The Bertz CT molecular complexity index is 1190. The van der Waals surface area contributed by atoms with Crippen molar-refractivity contribution in [1.82, 2.24) is 15.0 Å². The van der Waals surface area contributed by atoms with E-state index in [0.717, 1.165) is 23.3 Å². The molecule has 0 bridgehead atoms. The molecule has 0 aliphatic carbocycles. The first-order chi connectivity index (χ1) is 15.7. The molecule has 1 amide bonds. The summed E-state index contributed by atoms with van der Waals surface area (Å²) in [4.78, 5) is 15.8. The van der Waals surface area contributed by atoms with E-state index in [-0.39, 0.29) is 24.9 Å². The van der Waals surface area contributed by atoms with Gasteiger partial charge in [-0.05, 0) is 48.9 Å². The van der Waals surface area contributed by atoms with Crippen molar-refractivity contribution in [3.8, 4) is 5.75 Å². The fraction of sp³-hybridized carbons (Fsp3) is 0.217. The molecule has 174 valence electrons. The molecular weight excluding hydrogens is 452 g/mol. The van der Waals surface area contributed by atoms with Gasteiger partial charge in [-0.2, -0.15) is 0 Å². The average Bonchev–Trinajstić information content (AvgIpc) is 2.80. The lowest BCUT2D eigenvalue weighted by Crippen LogP contribution is -2.32. The summed E-state index contributed by atoms with van der Waals surface area (Å²) < 4.78 is 58.5. The summed E-state index contributed by atoms with van der Waals surface area (Å²) in [6.07, 6.45) is 3.29. The van der Waals surface area contributed by atoms with Crippen LogP contribution in [0, 0.1) is 11.6 Å². The van der Waals surface area contributed by atoms with Gasteiger partial charge in [-0.3, -0.25) is 9.78 Å². The van der Waals surface area contributed by atoms with E-state index in [1.54, 1.807) is 31.5 Å². The standard InChI is InChI=1S/C23H23F2N3O4S/c1-16(18-4-6-19(7-5-18)32-15-17-3-2-11-26-14-17)28-23(29)10-12-27-33(30,31)20-8-9-21(24)22(25)13-20/h2-9,11,13-14,16,27H,10,12,15H2,1H3,(H,28,29). The van der Waals surface area contributed by atoms with E-state index in [0.29, 0.717) is 18.4 Å². The summed E-state index contributed by atoms with van der Waals surface area (Å²) in [6, 6.07) is 13.0. The molecule has 0 aliphatic heterocycles. The second-order valence-corrected chi connectivity index (χ2v) is 9.00. The predicted octanol–water partition coefficient (Wildman–Crippen LogP) is 3.48. The van der Waals surface area contributed by atoms with Crippen LogP contribution in [-0.2, 0) is 21.4 Å². The second kappa shape index (κ2) is 11.0. The molecule has 1 unspecified atom stereocenters. The molecule has 1 aromatic heterocycles. The Morgan fingerprint density at radius 3 is 2.52 bits per heavy atom. The average molecular weight is 476 g/mol. The van der Waals surface area contributed by atoms with Gasteiger partial charge in [0.2, 0.25) is 15.9 Å². The molecule has 0 aliphatic rings. The zero-order valence-corrected chi connectivity index (χ0v) is 18.6. The highest BCUT2D eigenvalue weighted by Gasteiger charge is 2.17. The Labute approximate surface area is 190 Å². The molecule has 3 rings (SSSR count). The van der Waals surface area contributed by atoms with Gasteiger partial charge in [0.25, 0.3) is 0 Å². The van der Waals surface area contributed by atoms with Crippen molar-refractivity contribution >= 4 is 15.9 Å². The monoisotopic (exact) mass is 475 g/mol. The maximum Gasteiger partial charge on any atom is 0.240 e. The number of halogens is 2. The number of amides is 1. The Morgan fingerprint density at radius 1 is 1.09 bits per heavy atom. The van der Waals surface area contributed by atoms with Gasteiger partial charge < -0.3 is 10.1 Å². The third-order valence-electron chi connectivity index (χ3n) is 4.73. The van der Waals surface area contributed by atoms with Crippen LogP contribution < -0.4 is 14.8 Å². The molecule has 10 heteroatoms. The zero-order valence-electron chi connectivity index (χ0n) is 17.8. The maximum atomic E-state index is 13.3. The van der Waals surface area contributed by atoms with Crippen LogP contribution in [0.15, 0.2) is 71.9 Å². The fourth-order valence-electron chi connectivity index (χ4n) is 2.93. The van der Waals surface area contributed by atoms with Crippen molar-refractivity contribution in [3.63, 3.8) is 0 Å². The van der Waals surface area contributed by atoms with Crippen LogP contribution >= 0.6 is 0 Å². The van der Waals surface area contributed by atoms with Crippen LogP contribution in [0.2, 0.25) is 0 Å². The molecule has 0 saturated heterocycles. The van der Waals surface area contributed by atoms with Crippen molar-refractivity contribution in [2.45, 2.75) is 30.9 Å². The second-order valence-electron chi connectivity index (χ2n) is 7.23. The molecule has 0 saturated carbocycles. The summed E-state index contributed by atoms with van der Waals surface area (Å²) in [7, 11) is -4.06. The normalized spacial score (nSPS) is 12.2. The molecule has 1 atom stereocenters. The van der Waals surface area contributed by atoms with Gasteiger partial charge in [0.1, 0.15) is 12.4 Å². The Morgan fingerprint density at radius 2 is 1.85 bits per heavy atom. The zero-order chi connectivity index (χ0) is 23.8. The SMILES string of the molecule is CC(NC(=O)CCNS(=O)(=O)c1ccc(F)c(F)c1)c1ccc(OCc2cccnc2)cc1. The Kier molecular flexibility index (Phi) is 8.07. The number of sulfonamides is 1. The molecule has 3 aromatic rings. The number of nitrogens with one attached hydrogen (secondary N) is 2. The summed E-state index contributed by atoms with van der Waals surface area (Å²) in [5.74, 6) is -2.10. The third-order valence-corrected chi connectivity index (χ3v) is 6.19. The summed E-state index contributed by atoms with van der Waals surface area (Å²) in [5, 5.41) is 2.78. The van der Waals surface area contributed by atoms with E-state index in [2.05, 4.69) is 15.0 Å². The molecule has 33 heavy (non-hydrogen) atoms. The van der Waals surface area contributed by atoms with Crippen LogP contribution in [0.1, 0.15) is 30.5 Å². The van der Waals surface area contributed by atoms with Gasteiger partial charge in [-0.1, -0.05) is 18.2 Å². The van der Waals surface area contributed by atoms with Crippen molar-refractivity contribution < 1.29 is 26.7 Å². The minimum absolute atomic E-state index is 0.125. The highest BCUT2D eigenvalue weighted by molar-refractivity contribution is 7.89. The third kappa shape index (κ3) is 7.06. The first-order valence-corrected chi connectivity index (χ1v) is 11.6. The molecule has 0 spiro atoms. The summed E-state index contributed by atoms with van der Waals surface area (Å²) in [5.41, 5.74) is 1.79. The van der Waals surface area contributed by atoms with Gasteiger partial charge in [0.15, 0.2) is 11.6 Å². The molecule has 0 fully saturated rings. The van der Waals surface area contributed by atoms with Crippen molar-refractivity contribution in [2.24, 2.45) is 0 Å². The van der Waals surface area contributed by atoms with E-state index in [9.17, 15) is 22.0 Å². The quantitative estimate of drug-likeness (QED) is 0.468. The largest absolute Gasteiger partial charge is 0.489 e. The number of benzene rings is 2. The van der Waals surface area contributed by atoms with E-state index in [4.69, 9.17) is 4.74 Å². The molecular formula is C23H23F2N3O4S. The summed E-state index contributed by atoms with van der Waals surface area (Å²) in [6.45, 7) is 2.00. The highest BCUT2D eigenvalue weighted by atomic mass is 32.2. The van der Waals surface area contributed by atoms with Gasteiger partial charge >= 0.3 is 0 Å². The summed E-state index contributed by atoms with van der Waals surface area (Å²) >= 11 is 0. The number of aromatic nitrogens is 1. The van der Waals surface area contributed by atoms with E-state index in [1.165, 1.54) is 0 Å². The van der Waals surface area contributed by atoms with Crippen LogP contribution in [0.25, 0.3) is 0 Å². The van der Waals surface area contributed by atoms with Gasteiger partial charge in [0, 0.05) is 30.9 Å². The minimum Gasteiger partial charge on any atom is -0.489 e. The van der Waals surface area contributed by atoms with Crippen molar-refractivity contribution in [1.29, 1.82) is 0 Å². The lowest BCUT2D eigenvalue weighted by atomic mass is 10.1. The Hall–Kier alpha value is -3.37. The molecule has 0 radical (unpaired) electrons. The first-order valence-electron chi connectivity index (χ1n) is 10.1. The molecule has 1 heterocycles. The van der Waals surface area contributed by atoms with Gasteiger partial charge in [-0.25, -0.2) is 21.9 Å². The number of rotatable bonds is 10. The maximum absolute atomic E-state index is 13.3. The topological polar surface area (TPSA) is 97.4 Å². The minimum atomic E-state index is -4.06. The Balaban J connectivity index is 1.45. The van der Waals surface area contributed by atoms with Crippen LogP contribution in [0.3, 0.4) is 0 Å². The number of carbonyl (C=O) groups excluding carboxylic acids is 1. The van der Waals surface area contributed by atoms with Crippen molar-refractivity contribution in [3.05, 3.63) is 89.8 Å². The molecule has 7 nitrogen and oxygen atoms in total. The predicted molar refractivity (Wildman–Crippen MR) is 118 cm³/mol. The van der Waals surface area contributed by atoms with E-state index in [1.807, 2.05) is 24.3 Å². The van der Waals surface area contributed by atoms with Gasteiger partial charge in [-0.15, -0.1) is 0 Å². The molecule has 2 N–H and O–H groups in total. The number of nitrogens with zero attached hydrogens (tertiary/aromatic N) is 1. The lowest BCUT2D eigenvalue weighted by Gasteiger charge is -2.15. The number of hydrogen-bond acceptors (Lipinski definition) is 5.